The van der Waals surface area contributed by atoms with Crippen LogP contribution in [0.15, 0.2) is 29.6 Å². The average molecular weight is 192 g/mol. The van der Waals surface area contributed by atoms with Gasteiger partial charge in [-0.2, -0.15) is 0 Å². The van der Waals surface area contributed by atoms with Crippen molar-refractivity contribution in [2.24, 2.45) is 5.10 Å². The summed E-state index contributed by atoms with van der Waals surface area (Å²) in [5.41, 5.74) is 3.62. The minimum Gasteiger partial charge on any atom is -0.358 e. The number of nitrogens with one attached hydrogen (secondary N) is 1. The van der Waals surface area contributed by atoms with Crippen molar-refractivity contribution in [3.63, 3.8) is 0 Å². The molecule has 0 aliphatic carbocycles. The summed E-state index contributed by atoms with van der Waals surface area (Å²) in [4.78, 5) is 13.9. The molecule has 0 saturated heterocycles. The molecule has 0 amide bonds. The second kappa shape index (κ2) is 3.41. The van der Waals surface area contributed by atoms with Crippen molar-refractivity contribution in [3.05, 3.63) is 40.2 Å². The first kappa shape index (κ1) is 8.61. The van der Waals surface area contributed by atoms with Crippen LogP contribution in [-0.4, -0.2) is 15.7 Å². The van der Waals surface area contributed by atoms with Crippen LogP contribution in [0.5, 0.6) is 0 Å². The smallest absolute Gasteiger partial charge is 0.358 e. The van der Waals surface area contributed by atoms with Gasteiger partial charge < -0.3 is 10.1 Å². The van der Waals surface area contributed by atoms with E-state index in [1.165, 1.54) is 0 Å². The summed E-state index contributed by atoms with van der Waals surface area (Å²) >= 11 is 0. The highest BCUT2D eigenvalue weighted by Gasteiger charge is 2.29. The molecule has 0 radical (unpaired) electrons. The maximum Gasteiger partial charge on any atom is 0.366 e. The lowest BCUT2D eigenvalue weighted by atomic mass is 10.1. The van der Waals surface area contributed by atoms with Crippen LogP contribution in [0.4, 0.5) is 0 Å². The topological polar surface area (TPSA) is 80.4 Å². The van der Waals surface area contributed by atoms with Gasteiger partial charge >= 0.3 is 5.84 Å². The van der Waals surface area contributed by atoms with Crippen LogP contribution in [0, 0.1) is 10.1 Å². The Morgan fingerprint density at radius 3 is 3.07 bits per heavy atom. The van der Waals surface area contributed by atoms with Crippen LogP contribution in [0.3, 0.4) is 0 Å². The van der Waals surface area contributed by atoms with Crippen molar-refractivity contribution in [2.75, 3.05) is 0 Å². The molecular formula is C8H8N4O2. The van der Waals surface area contributed by atoms with Crippen molar-refractivity contribution >= 4 is 5.84 Å². The molecule has 1 unspecified atom stereocenters. The van der Waals surface area contributed by atoms with Crippen LogP contribution in [0.2, 0.25) is 0 Å². The van der Waals surface area contributed by atoms with E-state index in [2.05, 4.69) is 15.5 Å². The number of hydrazone groups is 1. The van der Waals surface area contributed by atoms with Crippen molar-refractivity contribution < 1.29 is 4.92 Å². The molecule has 2 rings (SSSR count). The molecule has 1 aliphatic rings. The van der Waals surface area contributed by atoms with Gasteiger partial charge in [-0.25, -0.2) is 5.43 Å². The molecule has 0 bridgehead atoms. The zero-order valence-corrected chi connectivity index (χ0v) is 7.25. The fraction of sp³-hybridized carbons (Fsp3) is 0.250. The van der Waals surface area contributed by atoms with Gasteiger partial charge in [0.15, 0.2) is 0 Å². The van der Waals surface area contributed by atoms with Gasteiger partial charge in [0.05, 0.1) is 6.42 Å². The number of amidine groups is 1. The third-order valence-corrected chi connectivity index (χ3v) is 2.03. The van der Waals surface area contributed by atoms with Crippen LogP contribution in [0.1, 0.15) is 18.0 Å². The Labute approximate surface area is 79.8 Å². The van der Waals surface area contributed by atoms with Gasteiger partial charge in [-0.3, -0.25) is 4.98 Å². The molecule has 1 atom stereocenters. The highest BCUT2D eigenvalue weighted by atomic mass is 16.6. The van der Waals surface area contributed by atoms with E-state index in [9.17, 15) is 10.1 Å². The van der Waals surface area contributed by atoms with Crippen LogP contribution >= 0.6 is 0 Å². The van der Waals surface area contributed by atoms with Crippen LogP contribution in [0.25, 0.3) is 0 Å². The minimum absolute atomic E-state index is 0.0288. The van der Waals surface area contributed by atoms with E-state index in [0.717, 1.165) is 5.56 Å². The van der Waals surface area contributed by atoms with E-state index in [-0.39, 0.29) is 11.9 Å². The first-order valence-electron chi connectivity index (χ1n) is 4.14. The molecule has 2 heterocycles. The summed E-state index contributed by atoms with van der Waals surface area (Å²) < 4.78 is 0. The van der Waals surface area contributed by atoms with Gasteiger partial charge in [-0.1, -0.05) is 6.07 Å². The predicted octanol–water partition coefficient (Wildman–Crippen LogP) is 0.706. The molecule has 6 nitrogen and oxygen atoms in total. The molecular weight excluding hydrogens is 184 g/mol. The Morgan fingerprint density at radius 1 is 1.64 bits per heavy atom. The molecule has 1 N–H and O–H groups in total. The van der Waals surface area contributed by atoms with E-state index >= 15 is 0 Å². The standard InChI is InChI=1S/C8H8N4O2/c13-12(14)8-4-7(10-11-8)6-2-1-3-9-5-6/h1-3,5,7,10H,4H2. The Kier molecular flexibility index (Phi) is 2.10. The number of aromatic nitrogens is 1. The Balaban J connectivity index is 2.10. The first-order chi connectivity index (χ1) is 6.77. The van der Waals surface area contributed by atoms with E-state index in [0.29, 0.717) is 6.42 Å². The largest absolute Gasteiger partial charge is 0.366 e. The molecule has 6 heteroatoms. The summed E-state index contributed by atoms with van der Waals surface area (Å²) in [7, 11) is 0. The highest BCUT2D eigenvalue weighted by Crippen LogP contribution is 2.20. The quantitative estimate of drug-likeness (QED) is 0.524. The SMILES string of the molecule is O=[N+]([O-])C1=NNC(c2cccnc2)C1. The number of pyridine rings is 1. The summed E-state index contributed by atoms with van der Waals surface area (Å²) in [6, 6.07) is 3.54. The van der Waals surface area contributed by atoms with E-state index in [4.69, 9.17) is 0 Å². The number of rotatable bonds is 1. The van der Waals surface area contributed by atoms with Crippen LogP contribution in [-0.2, 0) is 0 Å². The van der Waals surface area contributed by atoms with Gasteiger partial charge in [0, 0.05) is 17.5 Å². The van der Waals surface area contributed by atoms with Crippen LogP contribution < -0.4 is 5.43 Å². The lowest BCUT2D eigenvalue weighted by Crippen LogP contribution is -2.12. The molecule has 14 heavy (non-hydrogen) atoms. The minimum atomic E-state index is -0.469. The Bertz CT molecular complexity index is 376. The molecule has 0 aromatic carbocycles. The predicted molar refractivity (Wildman–Crippen MR) is 49.2 cm³/mol. The second-order valence-corrected chi connectivity index (χ2v) is 2.96. The number of hydrogen-bond acceptors (Lipinski definition) is 5. The maximum atomic E-state index is 10.4. The number of hydrogen-bond donors (Lipinski definition) is 1. The Morgan fingerprint density at radius 2 is 2.50 bits per heavy atom. The summed E-state index contributed by atoms with van der Waals surface area (Å²) in [6.45, 7) is 0. The van der Waals surface area contributed by atoms with E-state index < -0.39 is 4.92 Å². The fourth-order valence-corrected chi connectivity index (χ4v) is 1.32. The highest BCUT2D eigenvalue weighted by molar-refractivity contribution is 5.76. The molecule has 1 aromatic rings. The third kappa shape index (κ3) is 1.54. The number of nitrogens with zero attached hydrogens (tertiary/aromatic N) is 3. The van der Waals surface area contributed by atoms with Crippen molar-refractivity contribution in [1.82, 2.24) is 10.4 Å². The van der Waals surface area contributed by atoms with Gasteiger partial charge in [0.2, 0.25) is 0 Å². The third-order valence-electron chi connectivity index (χ3n) is 2.03. The summed E-state index contributed by atoms with van der Waals surface area (Å²) in [5.74, 6) is -0.0288. The first-order valence-corrected chi connectivity index (χ1v) is 4.14. The Hall–Kier alpha value is -1.98. The summed E-state index contributed by atoms with van der Waals surface area (Å²) in [5, 5.41) is 14.0. The summed E-state index contributed by atoms with van der Waals surface area (Å²) in [6.07, 6.45) is 3.64. The maximum absolute atomic E-state index is 10.4. The van der Waals surface area contributed by atoms with E-state index in [1.54, 1.807) is 18.5 Å². The van der Waals surface area contributed by atoms with Crippen molar-refractivity contribution in [3.8, 4) is 0 Å². The molecule has 1 aliphatic heterocycles. The molecule has 72 valence electrons. The fourth-order valence-electron chi connectivity index (χ4n) is 1.32. The van der Waals surface area contributed by atoms with Crippen molar-refractivity contribution in [1.29, 1.82) is 0 Å². The molecule has 0 saturated carbocycles. The lowest BCUT2D eigenvalue weighted by Gasteiger charge is -2.04. The molecule has 0 fully saturated rings. The van der Waals surface area contributed by atoms with Gasteiger partial charge in [-0.05, 0) is 16.6 Å². The van der Waals surface area contributed by atoms with E-state index in [1.807, 2.05) is 6.07 Å². The van der Waals surface area contributed by atoms with Gasteiger partial charge in [-0.15, -0.1) is 0 Å². The number of nitro groups is 1. The monoisotopic (exact) mass is 192 g/mol. The lowest BCUT2D eigenvalue weighted by molar-refractivity contribution is -0.352. The van der Waals surface area contributed by atoms with Gasteiger partial charge in [0.1, 0.15) is 6.04 Å². The molecule has 0 spiro atoms. The zero-order valence-electron chi connectivity index (χ0n) is 7.25. The molecule has 1 aromatic heterocycles. The average Bonchev–Trinajstić information content (AvgIpc) is 2.68. The zero-order chi connectivity index (χ0) is 9.97. The van der Waals surface area contributed by atoms with Crippen molar-refractivity contribution in [2.45, 2.75) is 12.5 Å². The van der Waals surface area contributed by atoms with Gasteiger partial charge in [0.25, 0.3) is 0 Å². The normalized spacial score (nSPS) is 20.0. The second-order valence-electron chi connectivity index (χ2n) is 2.96.